The molecule has 0 radical (unpaired) electrons. The summed E-state index contributed by atoms with van der Waals surface area (Å²) in [7, 11) is 0. The average Bonchev–Trinajstić information content (AvgIpc) is 2.71. The van der Waals surface area contributed by atoms with Crippen molar-refractivity contribution in [1.29, 1.82) is 0 Å². The van der Waals surface area contributed by atoms with Crippen molar-refractivity contribution in [3.05, 3.63) is 17.0 Å². The molecule has 0 aliphatic heterocycles. The molecule has 1 aromatic rings. The SMILES string of the molecule is CC(=O)NC1CCC(N[C@@H](C)c2c(C)noc2C)CC1. The van der Waals surface area contributed by atoms with Crippen LogP contribution in [-0.2, 0) is 4.79 Å². The van der Waals surface area contributed by atoms with E-state index in [2.05, 4.69) is 22.7 Å². The topological polar surface area (TPSA) is 67.2 Å². The molecule has 5 nitrogen and oxygen atoms in total. The largest absolute Gasteiger partial charge is 0.361 e. The molecule has 20 heavy (non-hydrogen) atoms. The zero-order valence-electron chi connectivity index (χ0n) is 12.8. The molecule has 0 unspecified atom stereocenters. The lowest BCUT2D eigenvalue weighted by Crippen LogP contribution is -2.42. The molecule has 1 aromatic heterocycles. The number of carbonyl (C=O) groups excluding carboxylic acids is 1. The maximum atomic E-state index is 11.1. The molecular weight excluding hydrogens is 254 g/mol. The second kappa shape index (κ2) is 6.39. The lowest BCUT2D eigenvalue weighted by atomic mass is 9.90. The molecule has 1 aliphatic carbocycles. The van der Waals surface area contributed by atoms with Crippen molar-refractivity contribution in [2.24, 2.45) is 0 Å². The first-order valence-corrected chi connectivity index (χ1v) is 7.43. The summed E-state index contributed by atoms with van der Waals surface area (Å²) in [4.78, 5) is 11.1. The van der Waals surface area contributed by atoms with Crippen molar-refractivity contribution in [3.8, 4) is 0 Å². The third-order valence-electron chi connectivity index (χ3n) is 4.14. The van der Waals surface area contributed by atoms with Crippen molar-refractivity contribution < 1.29 is 9.32 Å². The number of nitrogens with zero attached hydrogens (tertiary/aromatic N) is 1. The predicted molar refractivity (Wildman–Crippen MR) is 77.4 cm³/mol. The fourth-order valence-corrected chi connectivity index (χ4v) is 3.24. The summed E-state index contributed by atoms with van der Waals surface area (Å²) in [6.45, 7) is 7.69. The maximum Gasteiger partial charge on any atom is 0.217 e. The molecule has 1 atom stereocenters. The monoisotopic (exact) mass is 279 g/mol. The number of aromatic nitrogens is 1. The number of hydrogen-bond donors (Lipinski definition) is 2. The molecule has 2 N–H and O–H groups in total. The van der Waals surface area contributed by atoms with E-state index in [-0.39, 0.29) is 11.9 Å². The molecule has 0 saturated heterocycles. The number of amides is 1. The second-order valence-electron chi connectivity index (χ2n) is 5.88. The van der Waals surface area contributed by atoms with Gasteiger partial charge in [0.25, 0.3) is 0 Å². The summed E-state index contributed by atoms with van der Waals surface area (Å²) < 4.78 is 5.23. The van der Waals surface area contributed by atoms with E-state index < -0.39 is 0 Å². The lowest BCUT2D eigenvalue weighted by molar-refractivity contribution is -0.119. The second-order valence-corrected chi connectivity index (χ2v) is 5.88. The molecule has 0 spiro atoms. The first kappa shape index (κ1) is 15.0. The Kier molecular flexibility index (Phi) is 4.81. The summed E-state index contributed by atoms with van der Waals surface area (Å²) in [5.74, 6) is 0.972. The Balaban J connectivity index is 1.85. The third-order valence-corrected chi connectivity index (χ3v) is 4.14. The van der Waals surface area contributed by atoms with Crippen molar-refractivity contribution in [2.45, 2.75) is 71.5 Å². The van der Waals surface area contributed by atoms with Crippen LogP contribution in [0.3, 0.4) is 0 Å². The fourth-order valence-electron chi connectivity index (χ4n) is 3.24. The van der Waals surface area contributed by atoms with E-state index in [1.165, 1.54) is 5.56 Å². The van der Waals surface area contributed by atoms with Gasteiger partial charge >= 0.3 is 0 Å². The number of aryl methyl sites for hydroxylation is 2. The average molecular weight is 279 g/mol. The lowest BCUT2D eigenvalue weighted by Gasteiger charge is -2.31. The maximum absolute atomic E-state index is 11.1. The zero-order valence-corrected chi connectivity index (χ0v) is 12.8. The van der Waals surface area contributed by atoms with E-state index in [4.69, 9.17) is 4.52 Å². The van der Waals surface area contributed by atoms with E-state index in [9.17, 15) is 4.79 Å². The van der Waals surface area contributed by atoms with E-state index in [1.807, 2.05) is 13.8 Å². The summed E-state index contributed by atoms with van der Waals surface area (Å²) in [6.07, 6.45) is 4.29. The Hall–Kier alpha value is -1.36. The minimum Gasteiger partial charge on any atom is -0.361 e. The Morgan fingerprint density at radius 1 is 1.25 bits per heavy atom. The van der Waals surface area contributed by atoms with Gasteiger partial charge < -0.3 is 15.2 Å². The summed E-state index contributed by atoms with van der Waals surface area (Å²) in [6, 6.07) is 1.10. The van der Waals surface area contributed by atoms with Gasteiger partial charge in [-0.1, -0.05) is 5.16 Å². The van der Waals surface area contributed by atoms with Crippen LogP contribution < -0.4 is 10.6 Å². The molecule has 1 aliphatic rings. The van der Waals surface area contributed by atoms with Gasteiger partial charge in [-0.25, -0.2) is 0 Å². The molecule has 5 heteroatoms. The molecule has 1 saturated carbocycles. The molecule has 1 fully saturated rings. The van der Waals surface area contributed by atoms with Gasteiger partial charge in [0.05, 0.1) is 5.69 Å². The molecule has 2 rings (SSSR count). The number of carbonyl (C=O) groups is 1. The Morgan fingerprint density at radius 3 is 2.35 bits per heavy atom. The first-order chi connectivity index (χ1) is 9.47. The van der Waals surface area contributed by atoms with Crippen LogP contribution in [0.1, 0.15) is 62.6 Å². The molecule has 1 heterocycles. The Morgan fingerprint density at radius 2 is 1.85 bits per heavy atom. The smallest absolute Gasteiger partial charge is 0.217 e. The summed E-state index contributed by atoms with van der Waals surface area (Å²) in [5, 5.41) is 10.7. The quantitative estimate of drug-likeness (QED) is 0.888. The van der Waals surface area contributed by atoms with Gasteiger partial charge in [-0.15, -0.1) is 0 Å². The summed E-state index contributed by atoms with van der Waals surface area (Å²) in [5.41, 5.74) is 2.14. The number of rotatable bonds is 4. The van der Waals surface area contributed by atoms with Crippen molar-refractivity contribution in [1.82, 2.24) is 15.8 Å². The van der Waals surface area contributed by atoms with Crippen LogP contribution in [0.25, 0.3) is 0 Å². The van der Waals surface area contributed by atoms with E-state index in [1.54, 1.807) is 6.92 Å². The zero-order chi connectivity index (χ0) is 14.7. The van der Waals surface area contributed by atoms with Crippen LogP contribution in [0.15, 0.2) is 4.52 Å². The molecule has 0 bridgehead atoms. The van der Waals surface area contributed by atoms with Gasteiger partial charge in [0, 0.05) is 30.6 Å². The van der Waals surface area contributed by atoms with E-state index in [0.717, 1.165) is 37.1 Å². The Bertz CT molecular complexity index is 442. The van der Waals surface area contributed by atoms with Crippen LogP contribution in [0.2, 0.25) is 0 Å². The van der Waals surface area contributed by atoms with Crippen LogP contribution in [0.5, 0.6) is 0 Å². The minimum atomic E-state index is 0.0745. The molecular formula is C15H25N3O2. The van der Waals surface area contributed by atoms with E-state index in [0.29, 0.717) is 12.1 Å². The van der Waals surface area contributed by atoms with Gasteiger partial charge in [0.1, 0.15) is 5.76 Å². The Labute approximate surface area is 120 Å². The van der Waals surface area contributed by atoms with Gasteiger partial charge in [0.2, 0.25) is 5.91 Å². The van der Waals surface area contributed by atoms with Gasteiger partial charge in [-0.2, -0.15) is 0 Å². The number of hydrogen-bond acceptors (Lipinski definition) is 4. The molecule has 112 valence electrons. The summed E-state index contributed by atoms with van der Waals surface area (Å²) >= 11 is 0. The van der Waals surface area contributed by atoms with Crippen LogP contribution in [-0.4, -0.2) is 23.1 Å². The minimum absolute atomic E-state index is 0.0745. The van der Waals surface area contributed by atoms with Crippen LogP contribution >= 0.6 is 0 Å². The van der Waals surface area contributed by atoms with Gasteiger partial charge in [0.15, 0.2) is 0 Å². The van der Waals surface area contributed by atoms with Gasteiger partial charge in [-0.05, 0) is 46.5 Å². The highest BCUT2D eigenvalue weighted by Gasteiger charge is 2.24. The predicted octanol–water partition coefficient (Wildman–Crippen LogP) is 2.39. The normalized spacial score (nSPS) is 24.4. The van der Waals surface area contributed by atoms with Crippen molar-refractivity contribution in [3.63, 3.8) is 0 Å². The third kappa shape index (κ3) is 3.60. The first-order valence-electron chi connectivity index (χ1n) is 7.43. The van der Waals surface area contributed by atoms with Crippen LogP contribution in [0.4, 0.5) is 0 Å². The van der Waals surface area contributed by atoms with Crippen molar-refractivity contribution in [2.75, 3.05) is 0 Å². The van der Waals surface area contributed by atoms with E-state index >= 15 is 0 Å². The highest BCUT2D eigenvalue weighted by atomic mass is 16.5. The standard InChI is InChI=1S/C15H25N3O2/c1-9(15-10(2)18-20-11(15)3)16-13-5-7-14(8-6-13)17-12(4)19/h9,13-14,16H,5-8H2,1-4H3,(H,17,19)/t9-,13?,14?/m0/s1. The highest BCUT2D eigenvalue weighted by Crippen LogP contribution is 2.25. The van der Waals surface area contributed by atoms with Gasteiger partial charge in [-0.3, -0.25) is 4.79 Å². The molecule has 0 aromatic carbocycles. The van der Waals surface area contributed by atoms with Crippen LogP contribution in [0, 0.1) is 13.8 Å². The number of nitrogens with one attached hydrogen (secondary N) is 2. The van der Waals surface area contributed by atoms with Crippen molar-refractivity contribution >= 4 is 5.91 Å². The molecule has 1 amide bonds. The highest BCUT2D eigenvalue weighted by molar-refractivity contribution is 5.73. The fraction of sp³-hybridized carbons (Fsp3) is 0.733.